The second kappa shape index (κ2) is 9.45. The molecule has 0 bridgehead atoms. The van der Waals surface area contributed by atoms with Crippen LogP contribution in [0, 0.1) is 5.92 Å². The number of likely N-dealkylation sites (N-methyl/N-ethyl adjacent to an activating group) is 1. The van der Waals surface area contributed by atoms with Gasteiger partial charge in [0.25, 0.3) is 5.91 Å². The molecule has 3 rings (SSSR count). The second-order valence-electron chi connectivity index (χ2n) is 8.17. The fourth-order valence-corrected chi connectivity index (χ4v) is 4.15. The maximum absolute atomic E-state index is 13.3. The summed E-state index contributed by atoms with van der Waals surface area (Å²) in [7, 11) is 3.97. The zero-order valence-corrected chi connectivity index (χ0v) is 18.6. The normalized spacial score (nSPS) is 18.6. The lowest BCUT2D eigenvalue weighted by Crippen LogP contribution is -3.06. The van der Waals surface area contributed by atoms with E-state index in [-0.39, 0.29) is 5.57 Å². The van der Waals surface area contributed by atoms with Crippen molar-refractivity contribution in [2.45, 2.75) is 19.9 Å². The number of carbonyl (C=O) groups excluding carboxylic acids is 2. The summed E-state index contributed by atoms with van der Waals surface area (Å²) in [6, 6.07) is 9.86. The van der Waals surface area contributed by atoms with Gasteiger partial charge < -0.3 is 19.6 Å². The van der Waals surface area contributed by atoms with E-state index in [0.717, 1.165) is 9.78 Å². The molecule has 1 aromatic heterocycles. The number of quaternary nitrogens is 1. The van der Waals surface area contributed by atoms with Gasteiger partial charge in [0, 0.05) is 10.5 Å². The predicted molar refractivity (Wildman–Crippen MR) is 115 cm³/mol. The highest BCUT2D eigenvalue weighted by molar-refractivity contribution is 7.10. The van der Waals surface area contributed by atoms with Crippen molar-refractivity contribution in [3.05, 3.63) is 57.8 Å². The Morgan fingerprint density at radius 1 is 1.20 bits per heavy atom. The number of carbonyl (C=O) groups is 2. The molecule has 0 saturated carbocycles. The van der Waals surface area contributed by atoms with Crippen molar-refractivity contribution >= 4 is 28.8 Å². The van der Waals surface area contributed by atoms with E-state index in [4.69, 9.17) is 4.74 Å². The molecule has 0 spiro atoms. The first kappa shape index (κ1) is 22.1. The van der Waals surface area contributed by atoms with Gasteiger partial charge in [0.2, 0.25) is 5.78 Å². The summed E-state index contributed by atoms with van der Waals surface area (Å²) in [6.45, 7) is 5.80. The number of Topliss-reactive ketones (excluding diaryl/α,β-unsaturated/α-hetero) is 1. The molecule has 0 radical (unpaired) electrons. The Bertz CT molecular complexity index is 917. The standard InChI is InChI=1S/C23H28N2O4S/c1-15(2)14-29-17-9-7-16(8-10-17)21(26)19-20(18-6-5-13-30-18)25(12-11-24(3)4)23(28)22(19)27/h5-10,13,15,20,26H,11-12,14H2,1-4H3/b21-19+. The van der Waals surface area contributed by atoms with Crippen molar-refractivity contribution in [1.29, 1.82) is 0 Å². The first-order valence-corrected chi connectivity index (χ1v) is 11.0. The molecule has 1 amide bonds. The number of amides is 1. The molecule has 6 nitrogen and oxygen atoms in total. The van der Waals surface area contributed by atoms with E-state index in [1.807, 2.05) is 31.6 Å². The Labute approximate surface area is 181 Å². The van der Waals surface area contributed by atoms with Crippen molar-refractivity contribution in [3.8, 4) is 5.75 Å². The maximum atomic E-state index is 13.3. The number of nitrogens with one attached hydrogen (secondary N) is 1. The lowest BCUT2D eigenvalue weighted by molar-refractivity contribution is -0.857. The molecule has 1 aliphatic heterocycles. The number of ketones is 1. The van der Waals surface area contributed by atoms with E-state index in [0.29, 0.717) is 36.9 Å². The molecule has 1 aromatic carbocycles. The highest BCUT2D eigenvalue weighted by Crippen LogP contribution is 2.40. The molecule has 2 heterocycles. The summed E-state index contributed by atoms with van der Waals surface area (Å²) in [5, 5.41) is 15.2. The first-order chi connectivity index (χ1) is 14.3. The molecule has 1 saturated heterocycles. The summed E-state index contributed by atoms with van der Waals surface area (Å²) >= 11 is 1.44. The van der Waals surface area contributed by atoms with E-state index < -0.39 is 23.5 Å². The van der Waals surface area contributed by atoms with Crippen molar-refractivity contribution in [3.63, 3.8) is 0 Å². The van der Waals surface area contributed by atoms with Crippen LogP contribution in [0.1, 0.15) is 30.3 Å². The van der Waals surface area contributed by atoms with E-state index in [1.165, 1.54) is 16.2 Å². The van der Waals surface area contributed by atoms with Gasteiger partial charge in [-0.15, -0.1) is 11.3 Å². The second-order valence-corrected chi connectivity index (χ2v) is 9.15. The van der Waals surface area contributed by atoms with Crippen LogP contribution in [0.3, 0.4) is 0 Å². The number of hydrogen-bond donors (Lipinski definition) is 1. The van der Waals surface area contributed by atoms with Gasteiger partial charge in [0.15, 0.2) is 0 Å². The summed E-state index contributed by atoms with van der Waals surface area (Å²) in [5.41, 5.74) is 0.414. The van der Waals surface area contributed by atoms with Crippen LogP contribution in [0.2, 0.25) is 0 Å². The zero-order valence-electron chi connectivity index (χ0n) is 17.8. The van der Waals surface area contributed by atoms with Crippen LogP contribution in [0.25, 0.3) is 5.76 Å². The Kier molecular flexibility index (Phi) is 6.95. The highest BCUT2D eigenvalue weighted by Gasteiger charge is 2.44. The van der Waals surface area contributed by atoms with Crippen LogP contribution in [0.5, 0.6) is 5.75 Å². The fraction of sp³-hybridized carbons (Fsp3) is 0.391. The van der Waals surface area contributed by atoms with Gasteiger partial charge >= 0.3 is 0 Å². The van der Waals surface area contributed by atoms with Crippen LogP contribution in [0.15, 0.2) is 47.4 Å². The molecule has 1 aliphatic rings. The predicted octanol–water partition coefficient (Wildman–Crippen LogP) is 1.15. The quantitative estimate of drug-likeness (QED) is 0.389. The lowest BCUT2D eigenvalue weighted by Gasteiger charge is -2.26. The molecular formula is C23H28N2O4S. The molecule has 0 aliphatic carbocycles. The third-order valence-corrected chi connectivity index (χ3v) is 5.82. The van der Waals surface area contributed by atoms with Gasteiger partial charge in [-0.25, -0.2) is 0 Å². The molecule has 30 heavy (non-hydrogen) atoms. The molecular weight excluding hydrogens is 400 g/mol. The van der Waals surface area contributed by atoms with Crippen LogP contribution < -0.4 is 14.7 Å². The zero-order chi connectivity index (χ0) is 21.8. The number of ether oxygens (including phenoxy) is 1. The largest absolute Gasteiger partial charge is 0.872 e. The monoisotopic (exact) mass is 428 g/mol. The Morgan fingerprint density at radius 2 is 1.90 bits per heavy atom. The Morgan fingerprint density at radius 3 is 2.47 bits per heavy atom. The molecule has 2 aromatic rings. The van der Waals surface area contributed by atoms with Crippen LogP contribution in [0.4, 0.5) is 0 Å². The maximum Gasteiger partial charge on any atom is 0.295 e. The van der Waals surface area contributed by atoms with E-state index in [2.05, 4.69) is 13.8 Å². The molecule has 1 atom stereocenters. The minimum Gasteiger partial charge on any atom is -0.872 e. The van der Waals surface area contributed by atoms with Gasteiger partial charge in [-0.3, -0.25) is 9.59 Å². The number of likely N-dealkylation sites (tertiary alicyclic amines) is 1. The van der Waals surface area contributed by atoms with E-state index >= 15 is 0 Å². The summed E-state index contributed by atoms with van der Waals surface area (Å²) < 4.78 is 5.67. The average Bonchev–Trinajstić information content (AvgIpc) is 3.32. The van der Waals surface area contributed by atoms with Gasteiger partial charge in [0.05, 0.1) is 39.8 Å². The third kappa shape index (κ3) is 4.74. The highest BCUT2D eigenvalue weighted by atomic mass is 32.1. The van der Waals surface area contributed by atoms with Gasteiger partial charge in [0.1, 0.15) is 5.75 Å². The average molecular weight is 429 g/mol. The van der Waals surface area contributed by atoms with Crippen LogP contribution in [-0.2, 0) is 9.59 Å². The molecule has 1 N–H and O–H groups in total. The SMILES string of the molecule is CC(C)COc1ccc(/C([O-])=C2\C(=O)C(=O)N(CC[NH+](C)C)C2c2cccs2)cc1. The Hall–Kier alpha value is -2.64. The number of hydrogen-bond acceptors (Lipinski definition) is 5. The van der Waals surface area contributed by atoms with Crippen molar-refractivity contribution < 1.29 is 24.3 Å². The number of nitrogens with zero attached hydrogens (tertiary/aromatic N) is 1. The third-order valence-electron chi connectivity index (χ3n) is 4.89. The summed E-state index contributed by atoms with van der Waals surface area (Å²) in [4.78, 5) is 29.1. The first-order valence-electron chi connectivity index (χ1n) is 10.1. The van der Waals surface area contributed by atoms with Gasteiger partial charge in [-0.2, -0.15) is 0 Å². The number of rotatable bonds is 8. The van der Waals surface area contributed by atoms with Crippen LogP contribution in [-0.4, -0.2) is 50.4 Å². The topological polar surface area (TPSA) is 74.1 Å². The number of thiophene rings is 1. The Balaban J connectivity index is 1.97. The smallest absolute Gasteiger partial charge is 0.295 e. The summed E-state index contributed by atoms with van der Waals surface area (Å²) in [6.07, 6.45) is 0. The fourth-order valence-electron chi connectivity index (χ4n) is 3.31. The van der Waals surface area contributed by atoms with Gasteiger partial charge in [-0.05, 0) is 35.1 Å². The van der Waals surface area contributed by atoms with Crippen molar-refractivity contribution in [2.75, 3.05) is 33.8 Å². The van der Waals surface area contributed by atoms with Crippen molar-refractivity contribution in [2.24, 2.45) is 5.92 Å². The molecule has 1 unspecified atom stereocenters. The van der Waals surface area contributed by atoms with Gasteiger partial charge in [-0.1, -0.05) is 37.8 Å². The van der Waals surface area contributed by atoms with Crippen LogP contribution >= 0.6 is 11.3 Å². The molecule has 7 heteroatoms. The minimum absolute atomic E-state index is 0.0343. The molecule has 1 fully saturated rings. The van der Waals surface area contributed by atoms with E-state index in [1.54, 1.807) is 24.3 Å². The summed E-state index contributed by atoms with van der Waals surface area (Å²) in [5.74, 6) is -0.640. The van der Waals surface area contributed by atoms with Crippen molar-refractivity contribution in [1.82, 2.24) is 4.90 Å². The van der Waals surface area contributed by atoms with E-state index in [9.17, 15) is 14.7 Å². The molecule has 160 valence electrons. The lowest BCUT2D eigenvalue weighted by atomic mass is 10.00. The number of benzene rings is 1. The minimum atomic E-state index is -0.702.